The number of fused-ring (bicyclic) bond motifs is 1. The molecule has 1 heterocycles. The molecule has 0 unspecified atom stereocenters. The monoisotopic (exact) mass is 353 g/mol. The van der Waals surface area contributed by atoms with Gasteiger partial charge in [-0.3, -0.25) is 4.79 Å². The first-order valence-electron chi connectivity index (χ1n) is 9.12. The summed E-state index contributed by atoms with van der Waals surface area (Å²) in [6.07, 6.45) is 0. The number of nitrogens with zero attached hydrogens (tertiary/aromatic N) is 1. The molecular formula is C22H27NO3. The number of carbonyl (C=O) groups is 1. The van der Waals surface area contributed by atoms with Gasteiger partial charge in [-0.2, -0.15) is 0 Å². The lowest BCUT2D eigenvalue weighted by Gasteiger charge is -2.38. The molecule has 1 aliphatic heterocycles. The molecule has 0 fully saturated rings. The van der Waals surface area contributed by atoms with Crippen molar-refractivity contribution in [2.75, 3.05) is 18.1 Å². The van der Waals surface area contributed by atoms with Gasteiger partial charge in [0.1, 0.15) is 18.1 Å². The molecule has 3 rings (SSSR count). The van der Waals surface area contributed by atoms with E-state index >= 15 is 0 Å². The third-order valence-corrected chi connectivity index (χ3v) is 4.66. The Labute approximate surface area is 155 Å². The maximum atomic E-state index is 12.8. The van der Waals surface area contributed by atoms with Crippen molar-refractivity contribution in [1.29, 1.82) is 0 Å². The molecule has 138 valence electrons. The zero-order chi connectivity index (χ0) is 18.9. The lowest BCUT2D eigenvalue weighted by molar-refractivity contribution is -0.132. The second kappa shape index (κ2) is 7.02. The summed E-state index contributed by atoms with van der Waals surface area (Å²) in [6.45, 7) is 10.9. The number of anilines is 1. The second-order valence-corrected chi connectivity index (χ2v) is 7.61. The Morgan fingerprint density at radius 2 is 1.81 bits per heavy atom. The van der Waals surface area contributed by atoms with Crippen LogP contribution in [0.5, 0.6) is 11.5 Å². The molecule has 0 bridgehead atoms. The van der Waals surface area contributed by atoms with Crippen molar-refractivity contribution >= 4 is 11.6 Å². The second-order valence-electron chi connectivity index (χ2n) is 7.61. The molecule has 26 heavy (non-hydrogen) atoms. The molecule has 2 aromatic carbocycles. The van der Waals surface area contributed by atoms with Gasteiger partial charge in [0.05, 0.1) is 12.2 Å². The third-order valence-electron chi connectivity index (χ3n) is 4.66. The fraction of sp³-hybridized carbons (Fsp3) is 0.409. The van der Waals surface area contributed by atoms with E-state index in [1.807, 2.05) is 37.3 Å². The Morgan fingerprint density at radius 1 is 1.12 bits per heavy atom. The number of ether oxygens (including phenoxy) is 2. The molecule has 0 radical (unpaired) electrons. The topological polar surface area (TPSA) is 38.8 Å². The number of rotatable bonds is 5. The van der Waals surface area contributed by atoms with Crippen LogP contribution in [0.3, 0.4) is 0 Å². The maximum Gasteiger partial charge on any atom is 0.270 e. The van der Waals surface area contributed by atoms with Crippen LogP contribution in [-0.4, -0.2) is 24.7 Å². The molecule has 0 spiro atoms. The maximum absolute atomic E-state index is 12.8. The van der Waals surface area contributed by atoms with E-state index in [1.165, 1.54) is 5.56 Å². The van der Waals surface area contributed by atoms with E-state index in [2.05, 4.69) is 26.0 Å². The molecule has 0 atom stereocenters. The Morgan fingerprint density at radius 3 is 2.46 bits per heavy atom. The molecule has 2 aromatic rings. The van der Waals surface area contributed by atoms with Crippen LogP contribution in [0.15, 0.2) is 42.5 Å². The van der Waals surface area contributed by atoms with Gasteiger partial charge in [0.25, 0.3) is 5.91 Å². The minimum Gasteiger partial charge on any atom is -0.492 e. The van der Waals surface area contributed by atoms with E-state index in [9.17, 15) is 4.79 Å². The van der Waals surface area contributed by atoms with Gasteiger partial charge in [0.2, 0.25) is 0 Å². The Hall–Kier alpha value is -2.49. The van der Waals surface area contributed by atoms with E-state index in [0.717, 1.165) is 22.7 Å². The van der Waals surface area contributed by atoms with Gasteiger partial charge in [-0.1, -0.05) is 32.0 Å². The van der Waals surface area contributed by atoms with Crippen molar-refractivity contribution in [2.45, 2.75) is 46.1 Å². The number of benzene rings is 2. The fourth-order valence-corrected chi connectivity index (χ4v) is 3.10. The zero-order valence-corrected chi connectivity index (χ0v) is 16.2. The molecular weight excluding hydrogens is 326 g/mol. The van der Waals surface area contributed by atoms with Crippen LogP contribution in [0, 0.1) is 6.92 Å². The van der Waals surface area contributed by atoms with Gasteiger partial charge in [0.15, 0.2) is 5.60 Å². The lowest BCUT2D eigenvalue weighted by atomic mass is 10.0. The quantitative estimate of drug-likeness (QED) is 0.782. The molecule has 0 aliphatic carbocycles. The minimum atomic E-state index is -0.874. The number of hydrogen-bond donors (Lipinski definition) is 0. The van der Waals surface area contributed by atoms with E-state index in [4.69, 9.17) is 9.47 Å². The van der Waals surface area contributed by atoms with Gasteiger partial charge in [0, 0.05) is 0 Å². The van der Waals surface area contributed by atoms with E-state index in [1.54, 1.807) is 18.7 Å². The first kappa shape index (κ1) is 18.3. The van der Waals surface area contributed by atoms with Crippen LogP contribution in [0.4, 0.5) is 5.69 Å². The van der Waals surface area contributed by atoms with Crippen molar-refractivity contribution in [1.82, 2.24) is 0 Å². The SMILES string of the molecule is Cc1ccc2c(c1)N(CCOc1ccc(C(C)C)cc1)C(=O)C(C)(C)O2. The number of hydrogen-bond acceptors (Lipinski definition) is 3. The third kappa shape index (κ3) is 3.69. The predicted molar refractivity (Wildman–Crippen MR) is 104 cm³/mol. The highest BCUT2D eigenvalue weighted by molar-refractivity contribution is 6.02. The van der Waals surface area contributed by atoms with E-state index in [-0.39, 0.29) is 5.91 Å². The average molecular weight is 353 g/mol. The smallest absolute Gasteiger partial charge is 0.270 e. The highest BCUT2D eigenvalue weighted by atomic mass is 16.5. The molecule has 0 N–H and O–H groups in total. The minimum absolute atomic E-state index is 0.0469. The first-order valence-corrected chi connectivity index (χ1v) is 9.12. The van der Waals surface area contributed by atoms with Crippen LogP contribution in [0.1, 0.15) is 44.7 Å². The summed E-state index contributed by atoms with van der Waals surface area (Å²) in [6, 6.07) is 14.0. The molecule has 0 saturated carbocycles. The summed E-state index contributed by atoms with van der Waals surface area (Å²) in [7, 11) is 0. The average Bonchev–Trinajstić information content (AvgIpc) is 2.59. The Bertz CT molecular complexity index is 794. The van der Waals surface area contributed by atoms with Crippen molar-refractivity contribution < 1.29 is 14.3 Å². The number of carbonyl (C=O) groups excluding carboxylic acids is 1. The van der Waals surface area contributed by atoms with Gasteiger partial charge in [-0.05, 0) is 62.1 Å². The van der Waals surface area contributed by atoms with Crippen LogP contribution < -0.4 is 14.4 Å². The van der Waals surface area contributed by atoms with Gasteiger partial charge in [-0.25, -0.2) is 0 Å². The van der Waals surface area contributed by atoms with Crippen molar-refractivity contribution in [3.8, 4) is 11.5 Å². The molecule has 0 saturated heterocycles. The van der Waals surface area contributed by atoms with Crippen molar-refractivity contribution in [3.63, 3.8) is 0 Å². The summed E-state index contributed by atoms with van der Waals surface area (Å²) in [5, 5.41) is 0. The number of amides is 1. The Balaban J connectivity index is 1.72. The summed E-state index contributed by atoms with van der Waals surface area (Å²) < 4.78 is 11.8. The summed E-state index contributed by atoms with van der Waals surface area (Å²) in [4.78, 5) is 14.6. The molecule has 0 aromatic heterocycles. The summed E-state index contributed by atoms with van der Waals surface area (Å²) in [5.74, 6) is 2.01. The molecule has 4 nitrogen and oxygen atoms in total. The highest BCUT2D eigenvalue weighted by Gasteiger charge is 2.40. The first-order chi connectivity index (χ1) is 12.3. The molecule has 1 aliphatic rings. The fourth-order valence-electron chi connectivity index (χ4n) is 3.10. The van der Waals surface area contributed by atoms with E-state index in [0.29, 0.717) is 19.1 Å². The normalized spacial score (nSPS) is 15.6. The summed E-state index contributed by atoms with van der Waals surface area (Å²) >= 11 is 0. The van der Waals surface area contributed by atoms with Gasteiger partial charge < -0.3 is 14.4 Å². The standard InChI is InChI=1S/C22H27NO3/c1-15(2)17-7-9-18(10-8-17)25-13-12-23-19-14-16(3)6-11-20(19)26-22(4,5)21(23)24/h6-11,14-15H,12-13H2,1-5H3. The van der Waals surface area contributed by atoms with E-state index < -0.39 is 5.60 Å². The summed E-state index contributed by atoms with van der Waals surface area (Å²) in [5.41, 5.74) is 2.32. The van der Waals surface area contributed by atoms with Crippen molar-refractivity contribution in [3.05, 3.63) is 53.6 Å². The van der Waals surface area contributed by atoms with Crippen LogP contribution in [-0.2, 0) is 4.79 Å². The Kier molecular flexibility index (Phi) is 4.94. The number of aryl methyl sites for hydroxylation is 1. The zero-order valence-electron chi connectivity index (χ0n) is 16.2. The van der Waals surface area contributed by atoms with Crippen LogP contribution in [0.25, 0.3) is 0 Å². The van der Waals surface area contributed by atoms with Crippen molar-refractivity contribution in [2.24, 2.45) is 0 Å². The molecule has 4 heteroatoms. The van der Waals surface area contributed by atoms with Crippen LogP contribution in [0.2, 0.25) is 0 Å². The highest BCUT2D eigenvalue weighted by Crippen LogP contribution is 2.38. The van der Waals surface area contributed by atoms with Gasteiger partial charge in [-0.15, -0.1) is 0 Å². The van der Waals surface area contributed by atoms with Gasteiger partial charge >= 0.3 is 0 Å². The predicted octanol–water partition coefficient (Wildman–Crippen LogP) is 4.70. The molecule has 1 amide bonds. The lowest BCUT2D eigenvalue weighted by Crippen LogP contribution is -2.53. The largest absolute Gasteiger partial charge is 0.492 e. The van der Waals surface area contributed by atoms with Crippen LogP contribution >= 0.6 is 0 Å².